The van der Waals surface area contributed by atoms with Gasteiger partial charge < -0.3 is 5.11 Å². The molecule has 21 heavy (non-hydrogen) atoms. The standard InChI is InChI=1S/C17H17F3O/c1-12-5-7-13(8-6-12)10-16(21)11-14-3-2-4-15(9-14)17(18,19)20/h2-9,16,21H,10-11H2,1H3. The van der Waals surface area contributed by atoms with Crippen molar-refractivity contribution in [2.75, 3.05) is 0 Å². The summed E-state index contributed by atoms with van der Waals surface area (Å²) in [5.74, 6) is 0. The van der Waals surface area contributed by atoms with Gasteiger partial charge in [-0.2, -0.15) is 13.2 Å². The Bertz CT molecular complexity index is 588. The summed E-state index contributed by atoms with van der Waals surface area (Å²) in [5.41, 5.74) is 1.91. The van der Waals surface area contributed by atoms with E-state index in [1.807, 2.05) is 31.2 Å². The van der Waals surface area contributed by atoms with Crippen molar-refractivity contribution >= 4 is 0 Å². The molecule has 2 aromatic carbocycles. The van der Waals surface area contributed by atoms with Crippen molar-refractivity contribution in [3.05, 3.63) is 70.8 Å². The molecule has 112 valence electrons. The summed E-state index contributed by atoms with van der Waals surface area (Å²) in [4.78, 5) is 0. The first-order valence-corrected chi connectivity index (χ1v) is 6.74. The molecule has 2 rings (SSSR count). The summed E-state index contributed by atoms with van der Waals surface area (Å²) in [6.45, 7) is 1.98. The predicted octanol–water partition coefficient (Wildman–Crippen LogP) is 4.16. The topological polar surface area (TPSA) is 20.2 Å². The van der Waals surface area contributed by atoms with Gasteiger partial charge in [-0.25, -0.2) is 0 Å². The number of halogens is 3. The maximum Gasteiger partial charge on any atom is 0.416 e. The van der Waals surface area contributed by atoms with E-state index in [1.165, 1.54) is 6.07 Å². The molecule has 4 heteroatoms. The zero-order chi connectivity index (χ0) is 15.5. The van der Waals surface area contributed by atoms with Gasteiger partial charge >= 0.3 is 6.18 Å². The van der Waals surface area contributed by atoms with Crippen LogP contribution in [0.2, 0.25) is 0 Å². The lowest BCUT2D eigenvalue weighted by molar-refractivity contribution is -0.137. The zero-order valence-electron chi connectivity index (χ0n) is 11.7. The average molecular weight is 294 g/mol. The van der Waals surface area contributed by atoms with Crippen LogP contribution in [0.1, 0.15) is 22.3 Å². The van der Waals surface area contributed by atoms with Crippen molar-refractivity contribution in [3.63, 3.8) is 0 Å². The van der Waals surface area contributed by atoms with Crippen molar-refractivity contribution in [2.24, 2.45) is 0 Å². The lowest BCUT2D eigenvalue weighted by Gasteiger charge is -2.13. The monoisotopic (exact) mass is 294 g/mol. The Labute approximate surface area is 122 Å². The number of aliphatic hydroxyl groups excluding tert-OH is 1. The van der Waals surface area contributed by atoms with Crippen LogP contribution in [0.25, 0.3) is 0 Å². The van der Waals surface area contributed by atoms with Gasteiger partial charge in [0.05, 0.1) is 11.7 Å². The van der Waals surface area contributed by atoms with Crippen molar-refractivity contribution in [2.45, 2.75) is 32.0 Å². The highest BCUT2D eigenvalue weighted by molar-refractivity contribution is 5.27. The Hall–Kier alpha value is -1.81. The molecule has 0 radical (unpaired) electrons. The van der Waals surface area contributed by atoms with Gasteiger partial charge in [0.15, 0.2) is 0 Å². The van der Waals surface area contributed by atoms with Gasteiger partial charge in [-0.15, -0.1) is 0 Å². The highest BCUT2D eigenvalue weighted by Gasteiger charge is 2.30. The Morgan fingerprint density at radius 3 is 2.19 bits per heavy atom. The lowest BCUT2D eigenvalue weighted by atomic mass is 9.99. The highest BCUT2D eigenvalue weighted by atomic mass is 19.4. The van der Waals surface area contributed by atoms with E-state index in [1.54, 1.807) is 6.07 Å². The minimum absolute atomic E-state index is 0.206. The van der Waals surface area contributed by atoms with Gasteiger partial charge in [0.25, 0.3) is 0 Å². The molecule has 0 aliphatic rings. The van der Waals surface area contributed by atoms with Crippen molar-refractivity contribution in [3.8, 4) is 0 Å². The molecule has 0 fully saturated rings. The molecule has 0 aliphatic heterocycles. The minimum Gasteiger partial charge on any atom is -0.392 e. The van der Waals surface area contributed by atoms with Gasteiger partial charge in [-0.05, 0) is 37.0 Å². The van der Waals surface area contributed by atoms with Crippen molar-refractivity contribution < 1.29 is 18.3 Å². The first kappa shape index (κ1) is 15.6. The molecule has 0 saturated carbocycles. The van der Waals surface area contributed by atoms with Gasteiger partial charge in [0.1, 0.15) is 0 Å². The second-order valence-electron chi connectivity index (χ2n) is 5.25. The normalized spacial score (nSPS) is 13.2. The van der Waals surface area contributed by atoms with Crippen LogP contribution >= 0.6 is 0 Å². The molecule has 1 atom stereocenters. The molecule has 0 saturated heterocycles. The Morgan fingerprint density at radius 1 is 0.952 bits per heavy atom. The lowest BCUT2D eigenvalue weighted by Crippen LogP contribution is -2.14. The summed E-state index contributed by atoms with van der Waals surface area (Å²) in [6, 6.07) is 12.9. The average Bonchev–Trinajstić information content (AvgIpc) is 2.41. The van der Waals surface area contributed by atoms with Crippen LogP contribution in [0.3, 0.4) is 0 Å². The van der Waals surface area contributed by atoms with E-state index in [0.29, 0.717) is 12.0 Å². The third-order valence-electron chi connectivity index (χ3n) is 3.32. The maximum atomic E-state index is 12.6. The predicted molar refractivity (Wildman–Crippen MR) is 76.0 cm³/mol. The zero-order valence-corrected chi connectivity index (χ0v) is 11.7. The van der Waals surface area contributed by atoms with Gasteiger partial charge in [0.2, 0.25) is 0 Å². The summed E-state index contributed by atoms with van der Waals surface area (Å²) < 4.78 is 37.9. The van der Waals surface area contributed by atoms with E-state index in [2.05, 4.69) is 0 Å². The first-order valence-electron chi connectivity index (χ1n) is 6.74. The second-order valence-corrected chi connectivity index (χ2v) is 5.25. The Kier molecular flexibility index (Phi) is 4.68. The number of hydrogen-bond acceptors (Lipinski definition) is 1. The van der Waals surface area contributed by atoms with Crippen molar-refractivity contribution in [1.82, 2.24) is 0 Å². The van der Waals surface area contributed by atoms with E-state index in [0.717, 1.165) is 23.3 Å². The van der Waals surface area contributed by atoms with Crippen LogP contribution in [0.4, 0.5) is 13.2 Å². The molecule has 1 nitrogen and oxygen atoms in total. The molecule has 1 unspecified atom stereocenters. The first-order chi connectivity index (χ1) is 9.84. The molecule has 0 spiro atoms. The number of rotatable bonds is 4. The number of benzene rings is 2. The Morgan fingerprint density at radius 2 is 1.57 bits per heavy atom. The third kappa shape index (κ3) is 4.60. The molecular formula is C17H17F3O. The Balaban J connectivity index is 2.02. The molecule has 0 heterocycles. The maximum absolute atomic E-state index is 12.6. The van der Waals surface area contributed by atoms with Crippen LogP contribution in [0.15, 0.2) is 48.5 Å². The van der Waals surface area contributed by atoms with Crippen LogP contribution in [0.5, 0.6) is 0 Å². The molecule has 2 aromatic rings. The highest BCUT2D eigenvalue weighted by Crippen LogP contribution is 2.29. The molecule has 0 aliphatic carbocycles. The summed E-state index contributed by atoms with van der Waals surface area (Å²) in [7, 11) is 0. The SMILES string of the molecule is Cc1ccc(CC(O)Cc2cccc(C(F)(F)F)c2)cc1. The fraction of sp³-hybridized carbons (Fsp3) is 0.294. The fourth-order valence-electron chi connectivity index (χ4n) is 2.22. The van der Waals surface area contributed by atoms with Crippen molar-refractivity contribution in [1.29, 1.82) is 0 Å². The van der Waals surface area contributed by atoms with E-state index >= 15 is 0 Å². The third-order valence-corrected chi connectivity index (χ3v) is 3.32. The van der Waals surface area contributed by atoms with Crippen LogP contribution < -0.4 is 0 Å². The number of aryl methyl sites for hydroxylation is 1. The van der Waals surface area contributed by atoms with Crippen LogP contribution in [0, 0.1) is 6.92 Å². The molecule has 0 amide bonds. The number of hydrogen-bond donors (Lipinski definition) is 1. The molecule has 0 bridgehead atoms. The largest absolute Gasteiger partial charge is 0.416 e. The van der Waals surface area contributed by atoms with E-state index < -0.39 is 17.8 Å². The van der Waals surface area contributed by atoms with Gasteiger partial charge in [-0.3, -0.25) is 0 Å². The van der Waals surface area contributed by atoms with Gasteiger partial charge in [0, 0.05) is 0 Å². The van der Waals surface area contributed by atoms with Crippen LogP contribution in [-0.4, -0.2) is 11.2 Å². The second kappa shape index (κ2) is 6.31. The van der Waals surface area contributed by atoms with E-state index in [-0.39, 0.29) is 6.42 Å². The smallest absolute Gasteiger partial charge is 0.392 e. The summed E-state index contributed by atoms with van der Waals surface area (Å²) in [5, 5.41) is 10.0. The minimum atomic E-state index is -4.35. The molecular weight excluding hydrogens is 277 g/mol. The van der Waals surface area contributed by atoms with Gasteiger partial charge in [-0.1, -0.05) is 48.0 Å². The summed E-state index contributed by atoms with van der Waals surface area (Å²) in [6.07, 6.45) is -4.41. The fourth-order valence-corrected chi connectivity index (χ4v) is 2.22. The van der Waals surface area contributed by atoms with Crippen LogP contribution in [-0.2, 0) is 19.0 Å². The molecule has 1 N–H and O–H groups in total. The number of aliphatic hydroxyl groups is 1. The molecule has 0 aromatic heterocycles. The number of alkyl halides is 3. The summed E-state index contributed by atoms with van der Waals surface area (Å²) >= 11 is 0. The quantitative estimate of drug-likeness (QED) is 0.897. The van der Waals surface area contributed by atoms with E-state index in [9.17, 15) is 18.3 Å². The van der Waals surface area contributed by atoms with E-state index in [4.69, 9.17) is 0 Å².